The second-order valence-corrected chi connectivity index (χ2v) is 8.09. The number of carbonyl (C=O) groups excluding carboxylic acids is 3. The van der Waals surface area contributed by atoms with Crippen molar-refractivity contribution in [3.8, 4) is 0 Å². The Hall–Kier alpha value is -3.91. The third kappa shape index (κ3) is 4.25. The van der Waals surface area contributed by atoms with Crippen LogP contribution in [0.4, 0.5) is 4.79 Å². The molecule has 1 N–H and O–H groups in total. The molecule has 0 bridgehead atoms. The highest BCUT2D eigenvalue weighted by Crippen LogP contribution is 2.25. The van der Waals surface area contributed by atoms with Gasteiger partial charge in [-0.25, -0.2) is 4.79 Å². The quantitative estimate of drug-likeness (QED) is 0.484. The van der Waals surface area contributed by atoms with E-state index < -0.39 is 6.03 Å². The molecule has 3 heterocycles. The molecule has 0 spiro atoms. The highest BCUT2D eigenvalue weighted by molar-refractivity contribution is 6.14. The number of fused-ring (bicyclic) bond motifs is 1. The predicted octanol–water partition coefficient (Wildman–Crippen LogP) is 2.59. The first-order chi connectivity index (χ1) is 16.1. The molecular weight excluding hydrogens is 420 g/mol. The molecule has 1 aromatic heterocycles. The van der Waals surface area contributed by atoms with Crippen LogP contribution < -0.4 is 5.32 Å². The topological polar surface area (TPSA) is 83.9 Å². The van der Waals surface area contributed by atoms with Gasteiger partial charge in [-0.3, -0.25) is 14.5 Å². The van der Waals surface area contributed by atoms with Crippen molar-refractivity contribution >= 4 is 34.8 Å². The summed E-state index contributed by atoms with van der Waals surface area (Å²) in [4.78, 5) is 41.2. The van der Waals surface area contributed by atoms with Crippen LogP contribution >= 0.6 is 0 Å². The monoisotopic (exact) mass is 444 g/mol. The number of urea groups is 1. The average Bonchev–Trinajstić information content (AvgIpc) is 3.32. The number of ether oxygens (including phenoxy) is 1. The number of nitrogens with one attached hydrogen (secondary N) is 1. The van der Waals surface area contributed by atoms with Gasteiger partial charge in [0.15, 0.2) is 0 Å². The van der Waals surface area contributed by atoms with Crippen molar-refractivity contribution in [3.05, 3.63) is 77.6 Å². The maximum Gasteiger partial charge on any atom is 0.329 e. The average molecular weight is 444 g/mol. The van der Waals surface area contributed by atoms with E-state index in [0.717, 1.165) is 22.0 Å². The summed E-state index contributed by atoms with van der Waals surface area (Å²) in [7, 11) is 0. The van der Waals surface area contributed by atoms with E-state index in [0.29, 0.717) is 26.3 Å². The molecule has 0 aliphatic carbocycles. The molecule has 168 valence electrons. The van der Waals surface area contributed by atoms with Gasteiger partial charge in [0.2, 0.25) is 5.91 Å². The van der Waals surface area contributed by atoms with Gasteiger partial charge in [-0.05, 0) is 17.7 Å². The van der Waals surface area contributed by atoms with E-state index in [-0.39, 0.29) is 30.6 Å². The van der Waals surface area contributed by atoms with E-state index in [1.165, 1.54) is 4.90 Å². The first-order valence-electron chi connectivity index (χ1n) is 10.9. The Morgan fingerprint density at radius 2 is 1.73 bits per heavy atom. The minimum atomic E-state index is -0.443. The first-order valence-corrected chi connectivity index (χ1v) is 10.9. The molecule has 2 saturated heterocycles. The van der Waals surface area contributed by atoms with Gasteiger partial charge in [-0.15, -0.1) is 0 Å². The molecular formula is C25H24N4O4. The summed E-state index contributed by atoms with van der Waals surface area (Å²) in [5.74, 6) is -0.345. The number of amides is 4. The molecule has 5 rings (SSSR count). The van der Waals surface area contributed by atoms with Gasteiger partial charge in [0, 0.05) is 35.8 Å². The zero-order valence-electron chi connectivity index (χ0n) is 18.1. The van der Waals surface area contributed by atoms with Crippen molar-refractivity contribution < 1.29 is 19.1 Å². The lowest BCUT2D eigenvalue weighted by molar-refractivity contribution is -0.135. The van der Waals surface area contributed by atoms with Crippen LogP contribution in [0.5, 0.6) is 0 Å². The van der Waals surface area contributed by atoms with Gasteiger partial charge in [0.1, 0.15) is 12.2 Å². The molecule has 8 heteroatoms. The van der Waals surface area contributed by atoms with Crippen LogP contribution in [-0.4, -0.2) is 58.5 Å². The molecule has 2 fully saturated rings. The summed E-state index contributed by atoms with van der Waals surface area (Å²) < 4.78 is 7.23. The first kappa shape index (κ1) is 21.0. The Kier molecular flexibility index (Phi) is 5.66. The van der Waals surface area contributed by atoms with Crippen molar-refractivity contribution in [1.29, 1.82) is 0 Å². The van der Waals surface area contributed by atoms with E-state index in [9.17, 15) is 14.4 Å². The van der Waals surface area contributed by atoms with Crippen LogP contribution in [0.1, 0.15) is 11.1 Å². The van der Waals surface area contributed by atoms with Gasteiger partial charge in [-0.1, -0.05) is 48.5 Å². The summed E-state index contributed by atoms with van der Waals surface area (Å²) in [5.41, 5.74) is 2.76. The van der Waals surface area contributed by atoms with Crippen molar-refractivity contribution in [1.82, 2.24) is 19.7 Å². The standard InChI is InChI=1S/C25H24N4O4/c30-23(27-10-12-33-13-11-27)17-28-16-19(20-8-4-5-9-22(20)28)14-21-24(31)29(25(32)26-21)15-18-6-2-1-3-7-18/h1-9,14,16H,10-13,15,17H2,(H,26,32). The number of imide groups is 1. The number of morpholine rings is 1. The molecule has 0 atom stereocenters. The SMILES string of the molecule is O=C(Cn1cc(C=C2NC(=O)N(Cc3ccccc3)C2=O)c2ccccc21)N1CCOCC1. The van der Waals surface area contributed by atoms with Gasteiger partial charge in [0.05, 0.1) is 19.8 Å². The second-order valence-electron chi connectivity index (χ2n) is 8.09. The van der Waals surface area contributed by atoms with E-state index in [1.54, 1.807) is 11.0 Å². The van der Waals surface area contributed by atoms with E-state index in [4.69, 9.17) is 4.74 Å². The molecule has 2 aliphatic heterocycles. The Balaban J connectivity index is 1.41. The van der Waals surface area contributed by atoms with Crippen LogP contribution in [0.3, 0.4) is 0 Å². The van der Waals surface area contributed by atoms with Gasteiger partial charge >= 0.3 is 6.03 Å². The molecule has 2 aromatic carbocycles. The number of hydrogen-bond acceptors (Lipinski definition) is 4. The Bertz CT molecular complexity index is 1240. The number of hydrogen-bond donors (Lipinski definition) is 1. The Morgan fingerprint density at radius 1 is 1.00 bits per heavy atom. The summed E-state index contributed by atoms with van der Waals surface area (Å²) in [6.07, 6.45) is 3.54. The number of benzene rings is 2. The van der Waals surface area contributed by atoms with Crippen LogP contribution in [-0.2, 0) is 27.4 Å². The summed E-state index contributed by atoms with van der Waals surface area (Å²) in [6.45, 7) is 2.69. The lowest BCUT2D eigenvalue weighted by Crippen LogP contribution is -2.42. The van der Waals surface area contributed by atoms with Crippen molar-refractivity contribution in [2.75, 3.05) is 26.3 Å². The summed E-state index contributed by atoms with van der Waals surface area (Å²) in [6, 6.07) is 16.7. The largest absolute Gasteiger partial charge is 0.378 e. The molecule has 33 heavy (non-hydrogen) atoms. The number of rotatable bonds is 5. The fourth-order valence-corrected chi connectivity index (χ4v) is 4.22. The Morgan fingerprint density at radius 3 is 2.52 bits per heavy atom. The van der Waals surface area contributed by atoms with E-state index in [2.05, 4.69) is 5.32 Å². The minimum absolute atomic E-state index is 0.0255. The number of nitrogens with zero attached hydrogens (tertiary/aromatic N) is 3. The number of aromatic nitrogens is 1. The minimum Gasteiger partial charge on any atom is -0.378 e. The van der Waals surface area contributed by atoms with Crippen LogP contribution in [0, 0.1) is 0 Å². The third-order valence-corrected chi connectivity index (χ3v) is 5.93. The molecule has 0 unspecified atom stereocenters. The third-order valence-electron chi connectivity index (χ3n) is 5.93. The van der Waals surface area contributed by atoms with Crippen molar-refractivity contribution in [2.24, 2.45) is 0 Å². The normalized spacial score (nSPS) is 17.8. The fourth-order valence-electron chi connectivity index (χ4n) is 4.22. The predicted molar refractivity (Wildman–Crippen MR) is 123 cm³/mol. The fraction of sp³-hybridized carbons (Fsp3) is 0.240. The maximum atomic E-state index is 12.9. The second kappa shape index (κ2) is 8.91. The summed E-state index contributed by atoms with van der Waals surface area (Å²) >= 11 is 0. The van der Waals surface area contributed by atoms with Gasteiger partial charge in [-0.2, -0.15) is 0 Å². The maximum absolute atomic E-state index is 12.9. The van der Waals surface area contributed by atoms with Crippen molar-refractivity contribution in [3.63, 3.8) is 0 Å². The van der Waals surface area contributed by atoms with Crippen LogP contribution in [0.2, 0.25) is 0 Å². The van der Waals surface area contributed by atoms with E-state index >= 15 is 0 Å². The highest BCUT2D eigenvalue weighted by atomic mass is 16.5. The molecule has 0 radical (unpaired) electrons. The van der Waals surface area contributed by atoms with Crippen molar-refractivity contribution in [2.45, 2.75) is 13.1 Å². The van der Waals surface area contributed by atoms with Gasteiger partial charge in [0.25, 0.3) is 5.91 Å². The molecule has 8 nitrogen and oxygen atoms in total. The number of carbonyl (C=O) groups is 3. The Labute approximate surface area is 191 Å². The molecule has 0 saturated carbocycles. The lowest BCUT2D eigenvalue weighted by atomic mass is 10.1. The molecule has 2 aliphatic rings. The zero-order chi connectivity index (χ0) is 22.8. The smallest absolute Gasteiger partial charge is 0.329 e. The molecule has 3 aromatic rings. The number of para-hydroxylation sites is 1. The van der Waals surface area contributed by atoms with Crippen LogP contribution in [0.25, 0.3) is 17.0 Å². The van der Waals surface area contributed by atoms with Gasteiger partial charge < -0.3 is 19.5 Å². The highest BCUT2D eigenvalue weighted by Gasteiger charge is 2.33. The van der Waals surface area contributed by atoms with E-state index in [1.807, 2.05) is 65.4 Å². The van der Waals surface area contributed by atoms with Crippen LogP contribution in [0.15, 0.2) is 66.5 Å². The molecule has 4 amide bonds. The zero-order valence-corrected chi connectivity index (χ0v) is 18.1. The lowest BCUT2D eigenvalue weighted by Gasteiger charge is -2.27. The summed E-state index contributed by atoms with van der Waals surface area (Å²) in [5, 5.41) is 3.60.